The van der Waals surface area contributed by atoms with Crippen molar-refractivity contribution < 1.29 is 27.4 Å². The van der Waals surface area contributed by atoms with Gasteiger partial charge in [-0.25, -0.2) is 0 Å². The van der Waals surface area contributed by atoms with Crippen LogP contribution in [0.1, 0.15) is 50.6 Å². The summed E-state index contributed by atoms with van der Waals surface area (Å²) in [6.07, 6.45) is 3.48. The largest absolute Gasteiger partial charge is 0.490 e. The lowest BCUT2D eigenvalue weighted by molar-refractivity contribution is -0.146. The van der Waals surface area contributed by atoms with Crippen molar-refractivity contribution in [1.82, 2.24) is 8.61 Å². The van der Waals surface area contributed by atoms with E-state index in [1.165, 1.54) is 8.61 Å². The van der Waals surface area contributed by atoms with Gasteiger partial charge in [0.1, 0.15) is 6.04 Å². The number of carbonyl (C=O) groups excluding carboxylic acids is 1. The molecule has 160 valence electrons. The summed E-state index contributed by atoms with van der Waals surface area (Å²) in [4.78, 5) is 12.3. The molecule has 3 heterocycles. The van der Waals surface area contributed by atoms with Crippen molar-refractivity contribution in [3.63, 3.8) is 0 Å². The molecule has 0 aromatic heterocycles. The number of benzene rings is 1. The number of nitrogens with zero attached hydrogens (tertiary/aromatic N) is 2. The summed E-state index contributed by atoms with van der Waals surface area (Å²) in [6.45, 7) is 3.95. The molecule has 4 rings (SSSR count). The maximum absolute atomic E-state index is 13.5. The Bertz CT molecular complexity index is 859. The summed E-state index contributed by atoms with van der Waals surface area (Å²) in [6, 6.07) is 4.66. The molecule has 0 bridgehead atoms. The number of carbonyl (C=O) groups is 1. The first-order valence-corrected chi connectivity index (χ1v) is 11.8. The highest BCUT2D eigenvalue weighted by atomic mass is 32.2. The van der Waals surface area contributed by atoms with Crippen molar-refractivity contribution >= 4 is 16.2 Å². The van der Waals surface area contributed by atoms with Crippen LogP contribution in [0.15, 0.2) is 18.2 Å². The molecule has 3 aliphatic rings. The van der Waals surface area contributed by atoms with E-state index in [1.807, 2.05) is 18.2 Å². The second-order valence-electron chi connectivity index (χ2n) is 7.55. The van der Waals surface area contributed by atoms with Gasteiger partial charge in [-0.2, -0.15) is 17.0 Å². The van der Waals surface area contributed by atoms with Crippen molar-refractivity contribution in [3.8, 4) is 11.5 Å². The van der Waals surface area contributed by atoms with E-state index in [1.54, 1.807) is 6.92 Å². The summed E-state index contributed by atoms with van der Waals surface area (Å²) < 4.78 is 46.4. The topological polar surface area (TPSA) is 85.4 Å². The number of hydrogen-bond donors (Lipinski definition) is 0. The molecule has 0 saturated carbocycles. The molecule has 3 aliphatic heterocycles. The summed E-state index contributed by atoms with van der Waals surface area (Å²) in [5, 5.41) is 0. The van der Waals surface area contributed by atoms with Gasteiger partial charge in [0.05, 0.1) is 25.9 Å². The van der Waals surface area contributed by atoms with E-state index in [0.29, 0.717) is 50.6 Å². The lowest BCUT2D eigenvalue weighted by Crippen LogP contribution is -2.48. The molecule has 29 heavy (non-hydrogen) atoms. The van der Waals surface area contributed by atoms with Gasteiger partial charge in [-0.3, -0.25) is 4.79 Å². The minimum atomic E-state index is -3.78. The minimum Gasteiger partial charge on any atom is -0.490 e. The van der Waals surface area contributed by atoms with E-state index in [2.05, 4.69) is 0 Å². The highest BCUT2D eigenvalue weighted by Gasteiger charge is 2.46. The van der Waals surface area contributed by atoms with Gasteiger partial charge in [0, 0.05) is 19.5 Å². The van der Waals surface area contributed by atoms with Gasteiger partial charge in [-0.05, 0) is 50.3 Å². The van der Waals surface area contributed by atoms with E-state index < -0.39 is 22.2 Å². The Balaban J connectivity index is 1.59. The van der Waals surface area contributed by atoms with Crippen molar-refractivity contribution in [3.05, 3.63) is 23.8 Å². The SMILES string of the molecule is CCOC(=O)[C@H]1CCCN1S(=O)(=O)N1CCC[C@H]1c1ccc2c(c1)OCCCO2. The molecule has 9 heteroatoms. The van der Waals surface area contributed by atoms with Gasteiger partial charge in [-0.15, -0.1) is 0 Å². The van der Waals surface area contributed by atoms with Crippen molar-refractivity contribution in [2.75, 3.05) is 32.9 Å². The van der Waals surface area contributed by atoms with Gasteiger partial charge in [0.2, 0.25) is 0 Å². The molecule has 2 fully saturated rings. The molecule has 8 nitrogen and oxygen atoms in total. The molecule has 0 N–H and O–H groups in total. The molecule has 1 aromatic carbocycles. The second-order valence-corrected chi connectivity index (χ2v) is 9.39. The third-order valence-corrected chi connectivity index (χ3v) is 7.77. The molecule has 0 radical (unpaired) electrons. The van der Waals surface area contributed by atoms with E-state index >= 15 is 0 Å². The van der Waals surface area contributed by atoms with Gasteiger partial charge in [-0.1, -0.05) is 6.07 Å². The van der Waals surface area contributed by atoms with Crippen LogP contribution >= 0.6 is 0 Å². The fourth-order valence-corrected chi connectivity index (χ4v) is 6.41. The Kier molecular flexibility index (Phi) is 5.98. The summed E-state index contributed by atoms with van der Waals surface area (Å²) >= 11 is 0. The molecular weight excluding hydrogens is 396 g/mol. The van der Waals surface area contributed by atoms with Crippen molar-refractivity contribution in [2.45, 2.75) is 51.1 Å². The minimum absolute atomic E-state index is 0.243. The summed E-state index contributed by atoms with van der Waals surface area (Å²) in [5.74, 6) is 0.898. The zero-order chi connectivity index (χ0) is 20.4. The second kappa shape index (κ2) is 8.49. The third-order valence-electron chi connectivity index (χ3n) is 5.72. The Hall–Kier alpha value is -1.84. The van der Waals surface area contributed by atoms with Crippen LogP contribution in [0.2, 0.25) is 0 Å². The lowest BCUT2D eigenvalue weighted by Gasteiger charge is -2.31. The first-order valence-electron chi connectivity index (χ1n) is 10.4. The molecular formula is C20H28N2O6S. The maximum atomic E-state index is 13.5. The Morgan fingerprint density at radius 1 is 1.07 bits per heavy atom. The molecule has 2 atom stereocenters. The first kappa shape index (κ1) is 20.4. The number of esters is 1. The van der Waals surface area contributed by atoms with Crippen molar-refractivity contribution in [2.24, 2.45) is 0 Å². The highest BCUT2D eigenvalue weighted by molar-refractivity contribution is 7.86. The van der Waals surface area contributed by atoms with E-state index in [4.69, 9.17) is 14.2 Å². The van der Waals surface area contributed by atoms with Crippen LogP contribution in [0.4, 0.5) is 0 Å². The van der Waals surface area contributed by atoms with Gasteiger partial charge < -0.3 is 14.2 Å². The smallest absolute Gasteiger partial charge is 0.324 e. The Labute approximate surface area is 171 Å². The summed E-state index contributed by atoms with van der Waals surface area (Å²) in [7, 11) is -3.78. The number of fused-ring (bicyclic) bond motifs is 1. The fourth-order valence-electron chi connectivity index (χ4n) is 4.36. The number of rotatable bonds is 5. The normalized spacial score (nSPS) is 25.7. The third kappa shape index (κ3) is 3.95. The molecule has 0 unspecified atom stereocenters. The molecule has 1 aromatic rings. The van der Waals surface area contributed by atoms with Crippen LogP contribution in [-0.4, -0.2) is 61.9 Å². The zero-order valence-electron chi connectivity index (χ0n) is 16.7. The van der Waals surface area contributed by atoms with E-state index in [0.717, 1.165) is 24.8 Å². The van der Waals surface area contributed by atoms with Crippen LogP contribution in [0.3, 0.4) is 0 Å². The van der Waals surface area contributed by atoms with Crippen molar-refractivity contribution in [1.29, 1.82) is 0 Å². The Morgan fingerprint density at radius 3 is 2.59 bits per heavy atom. The summed E-state index contributed by atoms with van der Waals surface area (Å²) in [5.41, 5.74) is 0.891. The quantitative estimate of drug-likeness (QED) is 0.674. The molecule has 2 saturated heterocycles. The van der Waals surface area contributed by atoms with Crippen LogP contribution < -0.4 is 9.47 Å². The van der Waals surface area contributed by atoms with Crippen LogP contribution in [-0.2, 0) is 19.7 Å². The number of ether oxygens (including phenoxy) is 3. The van der Waals surface area contributed by atoms with Gasteiger partial charge in [0.25, 0.3) is 10.2 Å². The standard InChI is InChI=1S/C20H28N2O6S/c1-2-26-20(23)17-7-4-11-22(17)29(24,25)21-10-3-6-16(21)15-8-9-18-19(14-15)28-13-5-12-27-18/h8-9,14,16-17H,2-7,10-13H2,1H3/t16-,17+/m0/s1. The highest BCUT2D eigenvalue weighted by Crippen LogP contribution is 2.40. The monoisotopic (exact) mass is 424 g/mol. The Morgan fingerprint density at radius 2 is 1.79 bits per heavy atom. The predicted octanol–water partition coefficient (Wildman–Crippen LogP) is 2.26. The predicted molar refractivity (Wildman–Crippen MR) is 106 cm³/mol. The lowest BCUT2D eigenvalue weighted by atomic mass is 10.0. The first-order chi connectivity index (χ1) is 14.0. The van der Waals surface area contributed by atoms with Crippen LogP contribution in [0, 0.1) is 0 Å². The molecule has 0 aliphatic carbocycles. The van der Waals surface area contributed by atoms with Gasteiger partial charge >= 0.3 is 5.97 Å². The average molecular weight is 425 g/mol. The van der Waals surface area contributed by atoms with Gasteiger partial charge in [0.15, 0.2) is 11.5 Å². The molecule has 0 amide bonds. The maximum Gasteiger partial charge on any atom is 0.324 e. The van der Waals surface area contributed by atoms with E-state index in [9.17, 15) is 13.2 Å². The zero-order valence-corrected chi connectivity index (χ0v) is 17.5. The molecule has 0 spiro atoms. The van der Waals surface area contributed by atoms with E-state index in [-0.39, 0.29) is 12.6 Å². The number of hydrogen-bond acceptors (Lipinski definition) is 6. The fraction of sp³-hybridized carbons (Fsp3) is 0.650. The average Bonchev–Trinajstić information content (AvgIpc) is 3.34. The van der Waals surface area contributed by atoms with Crippen LogP contribution in [0.5, 0.6) is 11.5 Å². The van der Waals surface area contributed by atoms with Crippen LogP contribution in [0.25, 0.3) is 0 Å².